The number of hydrogen-bond donors (Lipinski definition) is 1. The number of thiophene rings is 1. The van der Waals surface area contributed by atoms with Crippen molar-refractivity contribution in [1.82, 2.24) is 0 Å². The normalized spacial score (nSPS) is 12.7. The van der Waals surface area contributed by atoms with E-state index in [0.717, 1.165) is 6.42 Å². The standard InChI is InChI=1S/C14H17NS/c1-10-8-13(11(2)16-10)9-14(15)12-6-4-3-5-7-12/h3-8,14H,9,15H2,1-2H3. The van der Waals surface area contributed by atoms with Crippen LogP contribution >= 0.6 is 11.3 Å². The topological polar surface area (TPSA) is 26.0 Å². The molecule has 2 rings (SSSR count). The largest absolute Gasteiger partial charge is 0.324 e. The zero-order valence-corrected chi connectivity index (χ0v) is 10.6. The molecular weight excluding hydrogens is 214 g/mol. The molecule has 0 aliphatic rings. The van der Waals surface area contributed by atoms with E-state index in [0.29, 0.717) is 0 Å². The summed E-state index contributed by atoms with van der Waals surface area (Å²) >= 11 is 1.85. The Morgan fingerprint density at radius 1 is 1.19 bits per heavy atom. The predicted octanol–water partition coefficient (Wildman–Crippen LogP) is 3.61. The third kappa shape index (κ3) is 2.52. The molecule has 0 saturated heterocycles. The minimum absolute atomic E-state index is 0.105. The van der Waals surface area contributed by atoms with Gasteiger partial charge < -0.3 is 5.73 Å². The molecule has 0 amide bonds. The number of nitrogens with two attached hydrogens (primary N) is 1. The van der Waals surface area contributed by atoms with Crippen LogP contribution in [0.1, 0.15) is 26.9 Å². The lowest BCUT2D eigenvalue weighted by Gasteiger charge is -2.11. The van der Waals surface area contributed by atoms with Gasteiger partial charge in [0.15, 0.2) is 0 Å². The summed E-state index contributed by atoms with van der Waals surface area (Å²) in [6, 6.07) is 12.7. The first-order valence-corrected chi connectivity index (χ1v) is 6.35. The van der Waals surface area contributed by atoms with Gasteiger partial charge in [-0.15, -0.1) is 11.3 Å². The molecule has 0 fully saturated rings. The highest BCUT2D eigenvalue weighted by atomic mass is 32.1. The monoisotopic (exact) mass is 231 g/mol. The van der Waals surface area contributed by atoms with Crippen molar-refractivity contribution >= 4 is 11.3 Å². The summed E-state index contributed by atoms with van der Waals surface area (Å²) in [4.78, 5) is 2.76. The van der Waals surface area contributed by atoms with E-state index in [9.17, 15) is 0 Å². The Morgan fingerprint density at radius 2 is 1.88 bits per heavy atom. The molecule has 0 aliphatic heterocycles. The molecule has 2 heteroatoms. The van der Waals surface area contributed by atoms with E-state index >= 15 is 0 Å². The van der Waals surface area contributed by atoms with Crippen LogP contribution in [0.4, 0.5) is 0 Å². The fourth-order valence-corrected chi connectivity index (χ4v) is 2.90. The Hall–Kier alpha value is -1.12. The molecule has 2 aromatic rings. The summed E-state index contributed by atoms with van der Waals surface area (Å²) in [6.45, 7) is 4.32. The second kappa shape index (κ2) is 4.81. The zero-order chi connectivity index (χ0) is 11.5. The number of rotatable bonds is 3. The molecule has 1 unspecified atom stereocenters. The lowest BCUT2D eigenvalue weighted by atomic mass is 10.0. The van der Waals surface area contributed by atoms with E-state index in [1.807, 2.05) is 29.5 Å². The van der Waals surface area contributed by atoms with Crippen LogP contribution in [-0.4, -0.2) is 0 Å². The highest BCUT2D eigenvalue weighted by molar-refractivity contribution is 7.12. The molecule has 84 valence electrons. The van der Waals surface area contributed by atoms with Gasteiger partial charge in [0, 0.05) is 15.8 Å². The van der Waals surface area contributed by atoms with Crippen molar-refractivity contribution in [1.29, 1.82) is 0 Å². The third-order valence-corrected chi connectivity index (χ3v) is 3.82. The van der Waals surface area contributed by atoms with Crippen LogP contribution in [0.5, 0.6) is 0 Å². The summed E-state index contributed by atoms with van der Waals surface area (Å²) in [6.07, 6.45) is 0.931. The van der Waals surface area contributed by atoms with E-state index in [2.05, 4.69) is 32.0 Å². The molecule has 2 N–H and O–H groups in total. The first kappa shape index (κ1) is 11.4. The summed E-state index contributed by atoms with van der Waals surface area (Å²) in [5, 5.41) is 0. The van der Waals surface area contributed by atoms with E-state index in [1.165, 1.54) is 20.9 Å². The molecule has 1 nitrogen and oxygen atoms in total. The van der Waals surface area contributed by atoms with Crippen LogP contribution in [0.15, 0.2) is 36.4 Å². The third-order valence-electron chi connectivity index (χ3n) is 2.81. The van der Waals surface area contributed by atoms with Crippen LogP contribution in [-0.2, 0) is 6.42 Å². The molecule has 1 heterocycles. The zero-order valence-electron chi connectivity index (χ0n) is 9.73. The summed E-state index contributed by atoms with van der Waals surface area (Å²) in [5.41, 5.74) is 8.81. The first-order valence-electron chi connectivity index (χ1n) is 5.53. The SMILES string of the molecule is Cc1cc(CC(N)c2ccccc2)c(C)s1. The van der Waals surface area contributed by atoms with Crippen LogP contribution in [0, 0.1) is 13.8 Å². The average Bonchev–Trinajstić information content (AvgIpc) is 2.59. The lowest BCUT2D eigenvalue weighted by molar-refractivity contribution is 0.721. The summed E-state index contributed by atoms with van der Waals surface area (Å²) in [5.74, 6) is 0. The molecule has 16 heavy (non-hydrogen) atoms. The van der Waals surface area contributed by atoms with Gasteiger partial charge in [-0.1, -0.05) is 30.3 Å². The van der Waals surface area contributed by atoms with Crippen LogP contribution < -0.4 is 5.73 Å². The van der Waals surface area contributed by atoms with Crippen LogP contribution in [0.3, 0.4) is 0 Å². The van der Waals surface area contributed by atoms with Gasteiger partial charge >= 0.3 is 0 Å². The van der Waals surface area contributed by atoms with Crippen molar-refractivity contribution in [3.63, 3.8) is 0 Å². The lowest BCUT2D eigenvalue weighted by Crippen LogP contribution is -2.13. The van der Waals surface area contributed by atoms with Gasteiger partial charge in [0.2, 0.25) is 0 Å². The molecule has 1 atom stereocenters. The second-order valence-electron chi connectivity index (χ2n) is 4.16. The molecule has 0 aliphatic carbocycles. The Labute approximate surface area is 101 Å². The van der Waals surface area contributed by atoms with Gasteiger partial charge in [-0.2, -0.15) is 0 Å². The molecule has 1 aromatic carbocycles. The minimum Gasteiger partial charge on any atom is -0.324 e. The second-order valence-corrected chi connectivity index (χ2v) is 5.62. The Balaban J connectivity index is 2.14. The molecule has 1 aromatic heterocycles. The molecule has 0 bridgehead atoms. The average molecular weight is 231 g/mol. The van der Waals surface area contributed by atoms with E-state index in [1.54, 1.807) is 0 Å². The van der Waals surface area contributed by atoms with Gasteiger partial charge in [-0.3, -0.25) is 0 Å². The van der Waals surface area contributed by atoms with Gasteiger partial charge in [-0.25, -0.2) is 0 Å². The maximum atomic E-state index is 6.21. The van der Waals surface area contributed by atoms with Crippen LogP contribution in [0.25, 0.3) is 0 Å². The van der Waals surface area contributed by atoms with Crippen molar-refractivity contribution < 1.29 is 0 Å². The fraction of sp³-hybridized carbons (Fsp3) is 0.286. The van der Waals surface area contributed by atoms with Crippen molar-refractivity contribution in [2.75, 3.05) is 0 Å². The van der Waals surface area contributed by atoms with Gasteiger partial charge in [-0.05, 0) is 37.5 Å². The number of benzene rings is 1. The molecular formula is C14H17NS. The highest BCUT2D eigenvalue weighted by Gasteiger charge is 2.10. The number of hydrogen-bond acceptors (Lipinski definition) is 2. The molecule has 0 saturated carbocycles. The van der Waals surface area contributed by atoms with Crippen molar-refractivity contribution in [2.45, 2.75) is 26.3 Å². The van der Waals surface area contributed by atoms with Gasteiger partial charge in [0.25, 0.3) is 0 Å². The Bertz CT molecular complexity index is 459. The van der Waals surface area contributed by atoms with Crippen molar-refractivity contribution in [3.05, 3.63) is 57.3 Å². The van der Waals surface area contributed by atoms with Gasteiger partial charge in [0.1, 0.15) is 0 Å². The van der Waals surface area contributed by atoms with E-state index < -0.39 is 0 Å². The van der Waals surface area contributed by atoms with Crippen molar-refractivity contribution in [3.8, 4) is 0 Å². The van der Waals surface area contributed by atoms with Crippen LogP contribution in [0.2, 0.25) is 0 Å². The Morgan fingerprint density at radius 3 is 2.44 bits per heavy atom. The maximum Gasteiger partial charge on any atom is 0.0336 e. The summed E-state index contributed by atoms with van der Waals surface area (Å²) in [7, 11) is 0. The maximum absolute atomic E-state index is 6.21. The van der Waals surface area contributed by atoms with E-state index in [-0.39, 0.29) is 6.04 Å². The quantitative estimate of drug-likeness (QED) is 0.858. The molecule has 0 spiro atoms. The van der Waals surface area contributed by atoms with E-state index in [4.69, 9.17) is 5.73 Å². The minimum atomic E-state index is 0.105. The highest BCUT2D eigenvalue weighted by Crippen LogP contribution is 2.24. The smallest absolute Gasteiger partial charge is 0.0336 e. The van der Waals surface area contributed by atoms with Crippen molar-refractivity contribution in [2.24, 2.45) is 5.73 Å². The Kier molecular flexibility index (Phi) is 3.42. The molecule has 0 radical (unpaired) electrons. The number of aryl methyl sites for hydroxylation is 2. The van der Waals surface area contributed by atoms with Gasteiger partial charge in [0.05, 0.1) is 0 Å². The first-order chi connectivity index (χ1) is 7.66. The summed E-state index contributed by atoms with van der Waals surface area (Å²) < 4.78 is 0. The predicted molar refractivity (Wildman–Crippen MR) is 70.9 cm³/mol. The fourth-order valence-electron chi connectivity index (χ4n) is 1.94.